The first-order valence-electron chi connectivity index (χ1n) is 0.716. The van der Waals surface area contributed by atoms with E-state index in [0.717, 1.165) is 0 Å². The Kier molecular flexibility index (Phi) is 10.9. The molecule has 2 N–H and O–H groups in total. The summed E-state index contributed by atoms with van der Waals surface area (Å²) in [4.78, 5) is 0. The van der Waals surface area contributed by atoms with Crippen molar-refractivity contribution < 1.29 is 40.4 Å². The summed E-state index contributed by atoms with van der Waals surface area (Å²) in [5, 5.41) is 0. The minimum absolute atomic E-state index is 0. The normalized spacial score (nSPS) is 5.00. The fourth-order valence-corrected chi connectivity index (χ4v) is 0. The SMILES string of the molecule is NC(=S)S.[Sm]. The molecule has 0 radical (unpaired) electrons. The molecule has 0 spiro atoms. The average Bonchev–Trinajstić information content (AvgIpc) is 0.811. The number of rotatable bonds is 0. The molecule has 0 aliphatic rings. The second-order valence-electron chi connectivity index (χ2n) is 0.338. The van der Waals surface area contributed by atoms with E-state index in [0.29, 0.717) is 0 Å². The van der Waals surface area contributed by atoms with Crippen molar-refractivity contribution in [3.63, 3.8) is 0 Å². The Morgan fingerprint density at radius 1 is 1.80 bits per heavy atom. The van der Waals surface area contributed by atoms with Crippen molar-refractivity contribution in [1.82, 2.24) is 0 Å². The van der Waals surface area contributed by atoms with Crippen molar-refractivity contribution in [1.29, 1.82) is 0 Å². The number of hydrogen-bond acceptors (Lipinski definition) is 1. The van der Waals surface area contributed by atoms with Crippen molar-refractivity contribution >= 4 is 29.2 Å². The largest absolute Gasteiger partial charge is 0.385 e. The van der Waals surface area contributed by atoms with Crippen LogP contribution in [0.2, 0.25) is 0 Å². The predicted molar refractivity (Wildman–Crippen MR) is 25.8 cm³/mol. The molecule has 30 valence electrons. The Balaban J connectivity index is 0. The van der Waals surface area contributed by atoms with Crippen LogP contribution < -0.4 is 5.73 Å². The summed E-state index contributed by atoms with van der Waals surface area (Å²) in [6.45, 7) is 0. The van der Waals surface area contributed by atoms with Crippen LogP contribution in [0.15, 0.2) is 0 Å². The third kappa shape index (κ3) is 28.7. The summed E-state index contributed by atoms with van der Waals surface area (Å²) >= 11 is 7.65. The Labute approximate surface area is 74.2 Å². The Morgan fingerprint density at radius 2 is 1.80 bits per heavy atom. The van der Waals surface area contributed by atoms with E-state index in [9.17, 15) is 0 Å². The molecule has 0 aromatic carbocycles. The standard InChI is InChI=1S/CH3NS2.Sm/c2-1(3)4;/h(H3,2,3,4);. The maximum absolute atomic E-state index is 4.71. The summed E-state index contributed by atoms with van der Waals surface area (Å²) in [5.74, 6) is 0. The van der Waals surface area contributed by atoms with Gasteiger partial charge in [0.15, 0.2) is 0 Å². The summed E-state index contributed by atoms with van der Waals surface area (Å²) in [5.41, 5.74) is 4.71. The van der Waals surface area contributed by atoms with Crippen LogP contribution in [0.4, 0.5) is 0 Å². The third-order valence-corrected chi connectivity index (χ3v) is 0. The summed E-state index contributed by atoms with van der Waals surface area (Å²) in [6, 6.07) is 0. The minimum Gasteiger partial charge on any atom is -0.385 e. The zero-order valence-electron chi connectivity index (χ0n) is 2.34. The van der Waals surface area contributed by atoms with E-state index in [1.807, 2.05) is 0 Å². The number of hydrogen-bond donors (Lipinski definition) is 2. The molecule has 0 aromatic heterocycles. The van der Waals surface area contributed by atoms with Crippen LogP contribution in [0.25, 0.3) is 0 Å². The van der Waals surface area contributed by atoms with Crippen LogP contribution in [0.5, 0.6) is 0 Å². The third-order valence-electron chi connectivity index (χ3n) is 0. The van der Waals surface area contributed by atoms with Gasteiger partial charge < -0.3 is 5.73 Å². The van der Waals surface area contributed by atoms with Crippen LogP contribution in [0.3, 0.4) is 0 Å². The maximum Gasteiger partial charge on any atom is 0.128 e. The first-order valence-corrected chi connectivity index (χ1v) is 1.57. The van der Waals surface area contributed by atoms with Gasteiger partial charge in [-0.15, -0.1) is 12.6 Å². The van der Waals surface area contributed by atoms with Gasteiger partial charge in [-0.05, 0) is 0 Å². The molecule has 0 saturated carbocycles. The maximum atomic E-state index is 4.71. The first-order chi connectivity index (χ1) is 1.73. The molecule has 0 fully saturated rings. The minimum atomic E-state index is 0. The quantitative estimate of drug-likeness (QED) is 0.468. The Hall–Kier alpha value is 1.58. The summed E-state index contributed by atoms with van der Waals surface area (Å²) < 4.78 is 0.194. The first kappa shape index (κ1) is 9.77. The molecular weight excluding hydrogens is 241 g/mol. The molecule has 0 rings (SSSR count). The average molecular weight is 244 g/mol. The molecule has 0 atom stereocenters. The summed E-state index contributed by atoms with van der Waals surface area (Å²) in [7, 11) is 0. The number of thiocarbonyl (C=S) groups is 1. The van der Waals surface area contributed by atoms with Crippen LogP contribution in [-0.4, -0.2) is 4.32 Å². The van der Waals surface area contributed by atoms with E-state index < -0.39 is 0 Å². The van der Waals surface area contributed by atoms with Crippen molar-refractivity contribution in [3.8, 4) is 0 Å². The fraction of sp³-hybridized carbons (Fsp3) is 0. The van der Waals surface area contributed by atoms with Crippen molar-refractivity contribution in [2.24, 2.45) is 5.73 Å². The topological polar surface area (TPSA) is 26.0 Å². The van der Waals surface area contributed by atoms with Gasteiger partial charge in [-0.1, -0.05) is 12.2 Å². The second-order valence-corrected chi connectivity index (χ2v) is 1.56. The molecule has 5 heavy (non-hydrogen) atoms. The molecule has 0 unspecified atom stereocenters. The van der Waals surface area contributed by atoms with E-state index in [4.69, 9.17) is 5.73 Å². The van der Waals surface area contributed by atoms with Gasteiger partial charge >= 0.3 is 0 Å². The molecular formula is CH3NS2Sm. The van der Waals surface area contributed by atoms with Gasteiger partial charge in [-0.2, -0.15) is 0 Å². The van der Waals surface area contributed by atoms with E-state index in [-0.39, 0.29) is 44.7 Å². The van der Waals surface area contributed by atoms with Gasteiger partial charge in [-0.25, -0.2) is 0 Å². The molecule has 0 saturated heterocycles. The molecule has 0 heterocycles. The second kappa shape index (κ2) is 5.58. The zero-order valence-corrected chi connectivity index (χ0v) is 6.67. The smallest absolute Gasteiger partial charge is 0.128 e. The van der Waals surface area contributed by atoms with Crippen molar-refractivity contribution in [3.05, 3.63) is 0 Å². The van der Waals surface area contributed by atoms with Crippen LogP contribution in [0, 0.1) is 40.4 Å². The van der Waals surface area contributed by atoms with Gasteiger partial charge in [0.25, 0.3) is 0 Å². The van der Waals surface area contributed by atoms with Crippen molar-refractivity contribution in [2.75, 3.05) is 0 Å². The fourth-order valence-electron chi connectivity index (χ4n) is 0. The molecule has 0 aliphatic heterocycles. The van der Waals surface area contributed by atoms with Crippen LogP contribution >= 0.6 is 24.8 Å². The summed E-state index contributed by atoms with van der Waals surface area (Å²) in [6.07, 6.45) is 0. The molecule has 4 heteroatoms. The van der Waals surface area contributed by atoms with E-state index in [1.165, 1.54) is 0 Å². The zero-order chi connectivity index (χ0) is 3.58. The van der Waals surface area contributed by atoms with Gasteiger partial charge in [0.2, 0.25) is 0 Å². The monoisotopic (exact) mass is 245 g/mol. The molecule has 1 nitrogen and oxygen atoms in total. The molecule has 0 bridgehead atoms. The Bertz CT molecular complexity index is 32.6. The molecule has 0 amide bonds. The van der Waals surface area contributed by atoms with Gasteiger partial charge in [0.05, 0.1) is 0 Å². The van der Waals surface area contributed by atoms with E-state index in [2.05, 4.69) is 24.8 Å². The number of thiol groups is 1. The molecule has 0 aliphatic carbocycles. The Morgan fingerprint density at radius 3 is 1.80 bits per heavy atom. The molecule has 0 aromatic rings. The predicted octanol–water partition coefficient (Wildman–Crippen LogP) is 0.160. The van der Waals surface area contributed by atoms with Gasteiger partial charge in [0.1, 0.15) is 4.32 Å². The number of nitrogens with two attached hydrogens (primary N) is 1. The van der Waals surface area contributed by atoms with Gasteiger partial charge in [-0.3, -0.25) is 0 Å². The van der Waals surface area contributed by atoms with Crippen LogP contribution in [-0.2, 0) is 0 Å². The van der Waals surface area contributed by atoms with E-state index in [1.54, 1.807) is 0 Å². The van der Waals surface area contributed by atoms with Crippen LogP contribution in [0.1, 0.15) is 0 Å². The van der Waals surface area contributed by atoms with Gasteiger partial charge in [0, 0.05) is 40.4 Å². The van der Waals surface area contributed by atoms with Crippen molar-refractivity contribution in [2.45, 2.75) is 0 Å². The van der Waals surface area contributed by atoms with E-state index >= 15 is 0 Å².